The maximum Gasteiger partial charge on any atom is 0.223 e. The van der Waals surface area contributed by atoms with Gasteiger partial charge < -0.3 is 9.69 Å². The van der Waals surface area contributed by atoms with E-state index in [1.165, 1.54) is 0 Å². The largest absolute Gasteiger partial charge is 0.335 e. The van der Waals surface area contributed by atoms with Gasteiger partial charge in [0.25, 0.3) is 0 Å². The molecular formula is C13H15NO2. The van der Waals surface area contributed by atoms with Gasteiger partial charge in [0, 0.05) is 18.9 Å². The highest BCUT2D eigenvalue weighted by Crippen LogP contribution is 2.27. The van der Waals surface area contributed by atoms with E-state index in [-0.39, 0.29) is 17.9 Å². The predicted octanol–water partition coefficient (Wildman–Crippen LogP) is 1.79. The van der Waals surface area contributed by atoms with Crippen molar-refractivity contribution in [1.29, 1.82) is 0 Å². The van der Waals surface area contributed by atoms with Gasteiger partial charge in [-0.05, 0) is 12.5 Å². The molecule has 3 nitrogen and oxygen atoms in total. The van der Waals surface area contributed by atoms with Crippen LogP contribution in [0.15, 0.2) is 30.3 Å². The highest BCUT2D eigenvalue weighted by molar-refractivity contribution is 5.83. The first-order valence-electron chi connectivity index (χ1n) is 5.52. The van der Waals surface area contributed by atoms with Crippen molar-refractivity contribution < 1.29 is 9.59 Å². The fraction of sp³-hybridized carbons (Fsp3) is 0.385. The number of carbonyl (C=O) groups is 2. The van der Waals surface area contributed by atoms with Gasteiger partial charge in [0.05, 0.1) is 6.04 Å². The average molecular weight is 217 g/mol. The lowest BCUT2D eigenvalue weighted by Crippen LogP contribution is -2.28. The van der Waals surface area contributed by atoms with Crippen molar-refractivity contribution in [1.82, 2.24) is 4.90 Å². The number of amides is 1. The Bertz CT molecular complexity index is 388. The van der Waals surface area contributed by atoms with Crippen LogP contribution in [0, 0.1) is 5.92 Å². The minimum Gasteiger partial charge on any atom is -0.335 e. The third kappa shape index (κ3) is 1.98. The zero-order valence-corrected chi connectivity index (χ0v) is 9.30. The highest BCUT2D eigenvalue weighted by Gasteiger charge is 2.32. The van der Waals surface area contributed by atoms with Crippen molar-refractivity contribution in [3.63, 3.8) is 0 Å². The van der Waals surface area contributed by atoms with E-state index in [9.17, 15) is 9.59 Å². The van der Waals surface area contributed by atoms with E-state index in [2.05, 4.69) is 0 Å². The summed E-state index contributed by atoms with van der Waals surface area (Å²) in [5, 5.41) is 0. The molecule has 0 N–H and O–H groups in total. The van der Waals surface area contributed by atoms with Crippen LogP contribution in [-0.4, -0.2) is 23.6 Å². The zero-order chi connectivity index (χ0) is 11.5. The molecule has 0 spiro atoms. The fourth-order valence-electron chi connectivity index (χ4n) is 2.14. The number of benzene rings is 1. The third-order valence-corrected chi connectivity index (χ3v) is 3.13. The van der Waals surface area contributed by atoms with Gasteiger partial charge >= 0.3 is 0 Å². The third-order valence-electron chi connectivity index (χ3n) is 3.13. The number of rotatable bonds is 3. The second-order valence-corrected chi connectivity index (χ2v) is 4.23. The van der Waals surface area contributed by atoms with E-state index in [1.54, 1.807) is 4.90 Å². The summed E-state index contributed by atoms with van der Waals surface area (Å²) >= 11 is 0. The van der Waals surface area contributed by atoms with Crippen LogP contribution >= 0.6 is 0 Å². The number of likely N-dealkylation sites (tertiary alicyclic amines) is 1. The molecule has 1 aromatic carbocycles. The molecule has 0 aromatic heterocycles. The molecule has 84 valence electrons. The summed E-state index contributed by atoms with van der Waals surface area (Å²) in [6.45, 7) is 2.55. The van der Waals surface area contributed by atoms with Gasteiger partial charge in [0.1, 0.15) is 6.29 Å². The smallest absolute Gasteiger partial charge is 0.223 e. The summed E-state index contributed by atoms with van der Waals surface area (Å²) in [5.41, 5.74) is 1.11. The standard InChI is InChI=1S/C13H15NO2/c1-10(12-5-3-2-4-6-12)14-8-11(9-15)7-13(14)16/h2-6,9-11H,7-8H2,1H3. The minimum atomic E-state index is -0.126. The maximum absolute atomic E-state index is 11.7. The molecule has 0 radical (unpaired) electrons. The van der Waals surface area contributed by atoms with Gasteiger partial charge in [-0.2, -0.15) is 0 Å². The number of aldehydes is 1. The number of carbonyl (C=O) groups excluding carboxylic acids is 2. The molecule has 1 heterocycles. The van der Waals surface area contributed by atoms with Crippen LogP contribution in [0.1, 0.15) is 24.9 Å². The van der Waals surface area contributed by atoms with Crippen LogP contribution in [-0.2, 0) is 9.59 Å². The molecule has 0 bridgehead atoms. The lowest BCUT2D eigenvalue weighted by atomic mass is 10.1. The molecule has 1 amide bonds. The van der Waals surface area contributed by atoms with Crippen molar-refractivity contribution >= 4 is 12.2 Å². The number of nitrogens with zero attached hydrogens (tertiary/aromatic N) is 1. The molecule has 16 heavy (non-hydrogen) atoms. The van der Waals surface area contributed by atoms with Crippen LogP contribution in [0.5, 0.6) is 0 Å². The molecule has 0 aliphatic carbocycles. The quantitative estimate of drug-likeness (QED) is 0.724. The first kappa shape index (κ1) is 10.9. The average Bonchev–Trinajstić information content (AvgIpc) is 2.71. The van der Waals surface area contributed by atoms with Crippen molar-refractivity contribution in [2.75, 3.05) is 6.54 Å². The summed E-state index contributed by atoms with van der Waals surface area (Å²) in [6, 6.07) is 9.94. The van der Waals surface area contributed by atoms with Crippen molar-refractivity contribution in [2.24, 2.45) is 5.92 Å². The molecule has 2 rings (SSSR count). The lowest BCUT2D eigenvalue weighted by Gasteiger charge is -2.24. The van der Waals surface area contributed by atoms with Gasteiger partial charge in [-0.15, -0.1) is 0 Å². The maximum atomic E-state index is 11.7. The van der Waals surface area contributed by atoms with Crippen molar-refractivity contribution in [3.8, 4) is 0 Å². The lowest BCUT2D eigenvalue weighted by molar-refractivity contribution is -0.129. The van der Waals surface area contributed by atoms with E-state index in [1.807, 2.05) is 37.3 Å². The predicted molar refractivity (Wildman–Crippen MR) is 60.7 cm³/mol. The zero-order valence-electron chi connectivity index (χ0n) is 9.30. The molecule has 1 saturated heterocycles. The topological polar surface area (TPSA) is 37.4 Å². The fourth-order valence-corrected chi connectivity index (χ4v) is 2.14. The van der Waals surface area contributed by atoms with Crippen LogP contribution < -0.4 is 0 Å². The molecule has 1 aliphatic rings. The van der Waals surface area contributed by atoms with Gasteiger partial charge in [0.2, 0.25) is 5.91 Å². The summed E-state index contributed by atoms with van der Waals surface area (Å²) in [4.78, 5) is 24.2. The molecule has 1 aliphatic heterocycles. The van der Waals surface area contributed by atoms with Gasteiger partial charge in [-0.3, -0.25) is 4.79 Å². The first-order chi connectivity index (χ1) is 7.72. The van der Waals surface area contributed by atoms with Crippen LogP contribution in [0.3, 0.4) is 0 Å². The van der Waals surface area contributed by atoms with Crippen LogP contribution in [0.4, 0.5) is 0 Å². The van der Waals surface area contributed by atoms with E-state index in [0.717, 1.165) is 11.8 Å². The second kappa shape index (κ2) is 4.47. The monoisotopic (exact) mass is 217 g/mol. The summed E-state index contributed by atoms with van der Waals surface area (Å²) in [7, 11) is 0. The summed E-state index contributed by atoms with van der Waals surface area (Å²) in [5.74, 6) is -0.0490. The molecule has 1 fully saturated rings. The summed E-state index contributed by atoms with van der Waals surface area (Å²) < 4.78 is 0. The normalized spacial score (nSPS) is 22.2. The van der Waals surface area contributed by atoms with Crippen LogP contribution in [0.25, 0.3) is 0 Å². The van der Waals surface area contributed by atoms with Gasteiger partial charge in [0.15, 0.2) is 0 Å². The van der Waals surface area contributed by atoms with E-state index in [4.69, 9.17) is 0 Å². The van der Waals surface area contributed by atoms with E-state index >= 15 is 0 Å². The van der Waals surface area contributed by atoms with E-state index < -0.39 is 0 Å². The molecule has 1 aromatic rings. The SMILES string of the molecule is CC(c1ccccc1)N1CC(C=O)CC1=O. The Morgan fingerprint density at radius 2 is 2.06 bits per heavy atom. The van der Waals surface area contributed by atoms with E-state index in [0.29, 0.717) is 13.0 Å². The Balaban J connectivity index is 2.14. The van der Waals surface area contributed by atoms with Crippen molar-refractivity contribution in [3.05, 3.63) is 35.9 Å². The Kier molecular flexibility index (Phi) is 3.04. The molecule has 3 heteroatoms. The second-order valence-electron chi connectivity index (χ2n) is 4.23. The van der Waals surface area contributed by atoms with Crippen molar-refractivity contribution in [2.45, 2.75) is 19.4 Å². The molecule has 2 atom stereocenters. The molecule has 2 unspecified atom stereocenters. The summed E-state index contributed by atoms with van der Waals surface area (Å²) in [6.07, 6.45) is 1.25. The van der Waals surface area contributed by atoms with Gasteiger partial charge in [-0.1, -0.05) is 30.3 Å². The number of hydrogen-bond donors (Lipinski definition) is 0. The Morgan fingerprint density at radius 1 is 1.38 bits per heavy atom. The minimum absolute atomic E-state index is 0.0543. The highest BCUT2D eigenvalue weighted by atomic mass is 16.2. The van der Waals surface area contributed by atoms with Crippen LogP contribution in [0.2, 0.25) is 0 Å². The van der Waals surface area contributed by atoms with Gasteiger partial charge in [-0.25, -0.2) is 0 Å². The first-order valence-corrected chi connectivity index (χ1v) is 5.52. The Hall–Kier alpha value is -1.64. The Labute approximate surface area is 95.1 Å². The Morgan fingerprint density at radius 3 is 2.62 bits per heavy atom. The number of hydrogen-bond acceptors (Lipinski definition) is 2. The molecule has 0 saturated carbocycles. The molecular weight excluding hydrogens is 202 g/mol.